The van der Waals surface area contributed by atoms with E-state index in [1.165, 1.54) is 18.1 Å². The predicted molar refractivity (Wildman–Crippen MR) is 84.4 cm³/mol. The molecular weight excluding hydrogens is 435 g/mol. The van der Waals surface area contributed by atoms with E-state index in [0.717, 1.165) is 0 Å². The monoisotopic (exact) mass is 450 g/mol. The Morgan fingerprint density at radius 2 is 0.643 bits per heavy atom. The molecule has 0 saturated heterocycles. The first kappa shape index (κ1) is 28.6. The number of halogens is 12. The van der Waals surface area contributed by atoms with Crippen molar-refractivity contribution in [2.45, 2.75) is 38.9 Å². The Balaban J connectivity index is 0. The molecule has 0 aliphatic carbocycles. The first-order chi connectivity index (χ1) is 12.8. The Bertz CT molecular complexity index is 528. The van der Waals surface area contributed by atoms with Crippen molar-refractivity contribution in [1.29, 1.82) is 0 Å². The van der Waals surface area contributed by atoms with Crippen LogP contribution in [0.3, 0.4) is 0 Å². The molecule has 0 aliphatic heterocycles. The van der Waals surface area contributed by atoms with E-state index in [0.29, 0.717) is 0 Å². The summed E-state index contributed by atoms with van der Waals surface area (Å²) < 4.78 is 148. The summed E-state index contributed by atoms with van der Waals surface area (Å²) in [5.41, 5.74) is -15.5. The lowest BCUT2D eigenvalue weighted by Crippen LogP contribution is -2.42. The molecule has 0 atom stereocenters. The molecule has 0 amide bonds. The summed E-state index contributed by atoms with van der Waals surface area (Å²) >= 11 is 0. The van der Waals surface area contributed by atoms with Gasteiger partial charge >= 0.3 is 8.80 Å². The molecule has 0 heterocycles. The van der Waals surface area contributed by atoms with Crippen molar-refractivity contribution in [3.63, 3.8) is 0 Å². The Morgan fingerprint density at radius 3 is 0.714 bits per heavy atom. The summed E-state index contributed by atoms with van der Waals surface area (Å²) in [4.78, 5) is 0. The molecule has 0 rings (SSSR count). The second-order valence-electron chi connectivity index (χ2n) is 5.11. The molecular formula is C14H15BF12Si. The maximum absolute atomic E-state index is 13.0. The average molecular weight is 450 g/mol. The van der Waals surface area contributed by atoms with Crippen molar-refractivity contribution in [2.75, 3.05) is 0 Å². The molecule has 0 aromatic carbocycles. The first-order valence-electron chi connectivity index (χ1n) is 7.60. The van der Waals surface area contributed by atoms with Crippen molar-refractivity contribution in [2.24, 2.45) is 0 Å². The zero-order chi connectivity index (χ0) is 22.8. The standard InChI is InChI=1S/C8BF12.C6H15Si/c10-1(5(14)15)9(2(11)6(16)17,3(12)7(18)19)4(13)8(20)21;1-4-7(5-2)6-3/h;4-6H2,1-3H3/q-1;+1. The van der Waals surface area contributed by atoms with E-state index in [-0.39, 0.29) is 8.80 Å². The zero-order valence-electron chi connectivity index (χ0n) is 14.7. The number of hydrogen-bond donors (Lipinski definition) is 0. The highest BCUT2D eigenvalue weighted by molar-refractivity contribution is 7.02. The average Bonchev–Trinajstić information content (AvgIpc) is 2.63. The highest BCUT2D eigenvalue weighted by atomic mass is 28.3. The van der Waals surface area contributed by atoms with E-state index in [2.05, 4.69) is 20.8 Å². The van der Waals surface area contributed by atoms with Gasteiger partial charge in [-0.1, -0.05) is 0 Å². The first-order valence-corrected chi connectivity index (χ1v) is 9.73. The molecule has 0 N–H and O–H groups in total. The molecule has 0 radical (unpaired) electrons. The minimum atomic E-state index is -6.57. The van der Waals surface area contributed by atoms with Crippen LogP contribution in [0.1, 0.15) is 20.8 Å². The Morgan fingerprint density at radius 1 is 0.464 bits per heavy atom. The largest absolute Gasteiger partial charge is 0.313 e. The van der Waals surface area contributed by atoms with Crippen molar-refractivity contribution in [3.8, 4) is 0 Å². The van der Waals surface area contributed by atoms with Gasteiger partial charge in [0.05, 0.1) is 18.1 Å². The van der Waals surface area contributed by atoms with Crippen LogP contribution in [0.4, 0.5) is 52.7 Å². The fourth-order valence-electron chi connectivity index (χ4n) is 2.07. The van der Waals surface area contributed by atoms with Crippen LogP contribution in [0, 0.1) is 0 Å². The van der Waals surface area contributed by atoms with Gasteiger partial charge in [0.2, 0.25) is 0 Å². The van der Waals surface area contributed by atoms with Gasteiger partial charge in [-0.25, -0.2) is 0 Å². The third kappa shape index (κ3) is 6.78. The minimum absolute atomic E-state index is 0.137. The number of hydrogen-bond acceptors (Lipinski definition) is 0. The van der Waals surface area contributed by atoms with Gasteiger partial charge in [0.25, 0.3) is 30.5 Å². The maximum atomic E-state index is 13.0. The van der Waals surface area contributed by atoms with Crippen LogP contribution >= 0.6 is 0 Å². The van der Waals surface area contributed by atoms with Gasteiger partial charge in [-0.15, -0.1) is 0 Å². The van der Waals surface area contributed by atoms with Gasteiger partial charge < -0.3 is 0 Å². The Labute approximate surface area is 154 Å². The van der Waals surface area contributed by atoms with Crippen LogP contribution < -0.4 is 0 Å². The normalized spacial score (nSPS) is 10.4. The molecule has 0 aromatic heterocycles. The topological polar surface area (TPSA) is 0 Å². The van der Waals surface area contributed by atoms with Gasteiger partial charge in [-0.2, -0.15) is 35.1 Å². The lowest BCUT2D eigenvalue weighted by atomic mass is 9.21. The molecule has 0 aromatic rings. The molecule has 0 saturated carbocycles. The summed E-state index contributed by atoms with van der Waals surface area (Å²) in [6.45, 7) is 6.92. The fourth-order valence-corrected chi connectivity index (χ4v) is 3.57. The van der Waals surface area contributed by atoms with Gasteiger partial charge in [0.1, 0.15) is 0 Å². The van der Waals surface area contributed by atoms with Crippen LogP contribution in [0.5, 0.6) is 0 Å². The Kier molecular flexibility index (Phi) is 13.1. The smallest absolute Gasteiger partial charge is 0.251 e. The van der Waals surface area contributed by atoms with Crippen LogP contribution in [-0.2, 0) is 0 Å². The maximum Gasteiger partial charge on any atom is 0.313 e. The van der Waals surface area contributed by atoms with E-state index >= 15 is 0 Å². The van der Waals surface area contributed by atoms with Gasteiger partial charge in [0.15, 0.2) is 0 Å². The number of rotatable bonds is 7. The molecule has 0 nitrogen and oxygen atoms in total. The van der Waals surface area contributed by atoms with Crippen molar-refractivity contribution in [1.82, 2.24) is 0 Å². The minimum Gasteiger partial charge on any atom is -0.251 e. The van der Waals surface area contributed by atoms with Crippen molar-refractivity contribution >= 4 is 14.9 Å². The molecule has 14 heteroatoms. The zero-order valence-corrected chi connectivity index (χ0v) is 15.7. The van der Waals surface area contributed by atoms with Crippen LogP contribution in [-0.4, -0.2) is 14.9 Å². The third-order valence-electron chi connectivity index (χ3n) is 3.74. The van der Waals surface area contributed by atoms with Gasteiger partial charge in [0, 0.05) is 22.9 Å². The van der Waals surface area contributed by atoms with Gasteiger partial charge in [-0.3, -0.25) is 17.6 Å². The quantitative estimate of drug-likeness (QED) is 0.270. The van der Waals surface area contributed by atoms with Crippen LogP contribution in [0.15, 0.2) is 47.2 Å². The summed E-state index contributed by atoms with van der Waals surface area (Å²) in [7, 11) is 0.137. The molecule has 0 aliphatic rings. The highest BCUT2D eigenvalue weighted by Crippen LogP contribution is 2.46. The van der Waals surface area contributed by atoms with E-state index in [4.69, 9.17) is 0 Å². The van der Waals surface area contributed by atoms with Crippen molar-refractivity contribution in [3.05, 3.63) is 47.2 Å². The Hall–Kier alpha value is -1.60. The third-order valence-corrected chi connectivity index (χ3v) is 6.74. The fraction of sp³-hybridized carbons (Fsp3) is 0.429. The SMILES string of the molecule is CC[Si+](CC)CC.FC(F)=C(F)[B-](C(F)=C(F)F)(C(F)=C(F)F)C(F)=C(F)F. The molecule has 0 bridgehead atoms. The van der Waals surface area contributed by atoms with Crippen LogP contribution in [0.2, 0.25) is 18.1 Å². The lowest BCUT2D eigenvalue weighted by Gasteiger charge is -2.32. The molecule has 0 spiro atoms. The molecule has 0 fully saturated rings. The van der Waals surface area contributed by atoms with E-state index < -0.39 is 53.4 Å². The predicted octanol–water partition coefficient (Wildman–Crippen LogP) is 8.44. The van der Waals surface area contributed by atoms with Crippen LogP contribution in [0.25, 0.3) is 0 Å². The summed E-state index contributed by atoms with van der Waals surface area (Å²) in [6, 6.07) is 4.37. The van der Waals surface area contributed by atoms with E-state index in [1.54, 1.807) is 0 Å². The second-order valence-corrected chi connectivity index (χ2v) is 8.73. The summed E-state index contributed by atoms with van der Waals surface area (Å²) in [6.07, 6.45) is -22.4. The van der Waals surface area contributed by atoms with Crippen molar-refractivity contribution < 1.29 is 52.7 Å². The van der Waals surface area contributed by atoms with E-state index in [9.17, 15) is 52.7 Å². The lowest BCUT2D eigenvalue weighted by molar-refractivity contribution is 0.364. The molecule has 0 unspecified atom stereocenters. The highest BCUT2D eigenvalue weighted by Gasteiger charge is 2.51. The summed E-state index contributed by atoms with van der Waals surface area (Å²) in [5, 5.41) is 0. The van der Waals surface area contributed by atoms with Gasteiger partial charge in [-0.05, 0) is 20.8 Å². The molecule has 162 valence electrons. The van der Waals surface area contributed by atoms with E-state index in [1.807, 2.05) is 0 Å². The summed E-state index contributed by atoms with van der Waals surface area (Å²) in [5.74, 6) is 0. The molecule has 28 heavy (non-hydrogen) atoms. The second kappa shape index (κ2) is 12.8.